The molecule has 1 fully saturated rings. The Labute approximate surface area is 130 Å². The van der Waals surface area contributed by atoms with E-state index in [0.717, 1.165) is 23.7 Å². The van der Waals surface area contributed by atoms with Crippen LogP contribution in [0, 0.1) is 5.92 Å². The zero-order chi connectivity index (χ0) is 14.5. The Morgan fingerprint density at radius 1 is 1.35 bits per heavy atom. The Morgan fingerprint density at radius 2 is 2.05 bits per heavy atom. The molecule has 1 aromatic heterocycles. The highest BCUT2D eigenvalue weighted by Crippen LogP contribution is 2.25. The Kier molecular flexibility index (Phi) is 5.60. The lowest BCUT2D eigenvalue weighted by atomic mass is 9.86. The van der Waals surface area contributed by atoms with Gasteiger partial charge in [-0.1, -0.05) is 0 Å². The molecule has 0 saturated heterocycles. The van der Waals surface area contributed by atoms with Crippen molar-refractivity contribution in [2.24, 2.45) is 5.92 Å². The van der Waals surface area contributed by atoms with Crippen LogP contribution in [0.15, 0.2) is 15.9 Å². The zero-order valence-corrected chi connectivity index (χ0v) is 13.5. The van der Waals surface area contributed by atoms with E-state index in [1.54, 1.807) is 11.3 Å². The summed E-state index contributed by atoms with van der Waals surface area (Å²) in [6.07, 6.45) is 4.12. The van der Waals surface area contributed by atoms with E-state index in [-0.39, 0.29) is 17.9 Å². The molecule has 1 saturated carbocycles. The lowest BCUT2D eigenvalue weighted by Gasteiger charge is -2.26. The number of aliphatic carboxylic acids is 1. The number of carboxylic acid groups (broad SMARTS) is 1. The summed E-state index contributed by atoms with van der Waals surface area (Å²) in [6.45, 7) is 0. The molecule has 20 heavy (non-hydrogen) atoms. The Bertz CT molecular complexity index is 481. The van der Waals surface area contributed by atoms with Gasteiger partial charge in [0.05, 0.1) is 5.92 Å². The zero-order valence-electron chi connectivity index (χ0n) is 11.1. The van der Waals surface area contributed by atoms with Gasteiger partial charge in [0.1, 0.15) is 0 Å². The minimum atomic E-state index is -0.710. The van der Waals surface area contributed by atoms with Gasteiger partial charge in [-0.25, -0.2) is 0 Å². The molecule has 110 valence electrons. The van der Waals surface area contributed by atoms with Gasteiger partial charge in [-0.05, 0) is 54.1 Å². The van der Waals surface area contributed by atoms with Crippen LogP contribution >= 0.6 is 27.3 Å². The Hall–Kier alpha value is -0.880. The standard InChI is InChI=1S/C14H18BrNO3S/c15-10-7-12(20-8-10)5-6-13(17)16-11-3-1-9(2-4-11)14(18)19/h7-9,11H,1-6H2,(H,16,17)(H,18,19). The van der Waals surface area contributed by atoms with Crippen molar-refractivity contribution in [2.75, 3.05) is 0 Å². The number of halogens is 1. The number of nitrogens with one attached hydrogen (secondary N) is 1. The van der Waals surface area contributed by atoms with Crippen LogP contribution in [0.3, 0.4) is 0 Å². The van der Waals surface area contributed by atoms with Crippen LogP contribution in [0.1, 0.15) is 37.0 Å². The summed E-state index contributed by atoms with van der Waals surface area (Å²) in [5.41, 5.74) is 0. The van der Waals surface area contributed by atoms with Crippen molar-refractivity contribution < 1.29 is 14.7 Å². The number of thiophene rings is 1. The molecular weight excluding hydrogens is 342 g/mol. The number of hydrogen-bond acceptors (Lipinski definition) is 3. The van der Waals surface area contributed by atoms with Crippen LogP contribution in [-0.2, 0) is 16.0 Å². The highest BCUT2D eigenvalue weighted by molar-refractivity contribution is 9.10. The van der Waals surface area contributed by atoms with E-state index in [2.05, 4.69) is 21.2 Å². The second kappa shape index (κ2) is 7.22. The average molecular weight is 360 g/mol. The van der Waals surface area contributed by atoms with Crippen molar-refractivity contribution in [3.05, 3.63) is 20.8 Å². The van der Waals surface area contributed by atoms with Crippen LogP contribution in [-0.4, -0.2) is 23.0 Å². The second-order valence-electron chi connectivity index (χ2n) is 5.19. The van der Waals surface area contributed by atoms with E-state index in [1.807, 2.05) is 11.4 Å². The summed E-state index contributed by atoms with van der Waals surface area (Å²) in [5, 5.41) is 14.0. The van der Waals surface area contributed by atoms with Gasteiger partial charge < -0.3 is 10.4 Å². The third-order valence-corrected chi connectivity index (χ3v) is 5.42. The lowest BCUT2D eigenvalue weighted by molar-refractivity contribution is -0.142. The maximum absolute atomic E-state index is 11.9. The summed E-state index contributed by atoms with van der Waals surface area (Å²) < 4.78 is 1.06. The lowest BCUT2D eigenvalue weighted by Crippen LogP contribution is -2.38. The van der Waals surface area contributed by atoms with Crippen LogP contribution in [0.25, 0.3) is 0 Å². The van der Waals surface area contributed by atoms with Crippen LogP contribution in [0.2, 0.25) is 0 Å². The van der Waals surface area contributed by atoms with Crippen molar-refractivity contribution >= 4 is 39.1 Å². The summed E-state index contributed by atoms with van der Waals surface area (Å²) in [6, 6.07) is 2.18. The first-order chi connectivity index (χ1) is 9.54. The molecule has 0 atom stereocenters. The fourth-order valence-corrected chi connectivity index (χ4v) is 3.96. The van der Waals surface area contributed by atoms with Gasteiger partial charge in [-0.15, -0.1) is 11.3 Å². The molecule has 1 aliphatic carbocycles. The molecule has 2 rings (SSSR count). The van der Waals surface area contributed by atoms with Crippen LogP contribution in [0.5, 0.6) is 0 Å². The quantitative estimate of drug-likeness (QED) is 0.848. The molecule has 1 aliphatic rings. The molecule has 0 aromatic carbocycles. The van der Waals surface area contributed by atoms with Crippen molar-refractivity contribution in [3.63, 3.8) is 0 Å². The van der Waals surface area contributed by atoms with Gasteiger partial charge >= 0.3 is 5.97 Å². The number of amides is 1. The van der Waals surface area contributed by atoms with Gasteiger partial charge in [-0.2, -0.15) is 0 Å². The molecule has 0 unspecified atom stereocenters. The average Bonchev–Trinajstić information content (AvgIpc) is 2.83. The fourth-order valence-electron chi connectivity index (χ4n) is 2.51. The van der Waals surface area contributed by atoms with Gasteiger partial charge in [-0.3, -0.25) is 9.59 Å². The molecule has 1 aromatic rings. The summed E-state index contributed by atoms with van der Waals surface area (Å²) in [4.78, 5) is 23.9. The number of hydrogen-bond donors (Lipinski definition) is 2. The maximum Gasteiger partial charge on any atom is 0.306 e. The SMILES string of the molecule is O=C(CCc1cc(Br)cs1)NC1CCC(C(=O)O)CC1. The first-order valence-electron chi connectivity index (χ1n) is 6.79. The van der Waals surface area contributed by atoms with Crippen molar-refractivity contribution in [3.8, 4) is 0 Å². The molecule has 6 heteroatoms. The van der Waals surface area contributed by atoms with E-state index in [4.69, 9.17) is 5.11 Å². The first kappa shape index (κ1) is 15.5. The molecular formula is C14H18BrNO3S. The summed E-state index contributed by atoms with van der Waals surface area (Å²) >= 11 is 5.05. The van der Waals surface area contributed by atoms with Crippen molar-refractivity contribution in [1.82, 2.24) is 5.32 Å². The third kappa shape index (κ3) is 4.59. The molecule has 1 heterocycles. The number of carbonyl (C=O) groups excluding carboxylic acids is 1. The van der Waals surface area contributed by atoms with E-state index in [1.165, 1.54) is 4.88 Å². The smallest absolute Gasteiger partial charge is 0.306 e. The minimum absolute atomic E-state index is 0.0632. The van der Waals surface area contributed by atoms with E-state index in [0.29, 0.717) is 19.3 Å². The largest absolute Gasteiger partial charge is 0.481 e. The topological polar surface area (TPSA) is 66.4 Å². The molecule has 0 bridgehead atoms. The van der Waals surface area contributed by atoms with Gasteiger partial charge in [0.15, 0.2) is 0 Å². The van der Waals surface area contributed by atoms with Crippen molar-refractivity contribution in [2.45, 2.75) is 44.6 Å². The molecule has 2 N–H and O–H groups in total. The van der Waals surface area contributed by atoms with Gasteiger partial charge in [0.2, 0.25) is 5.91 Å². The van der Waals surface area contributed by atoms with Crippen LogP contribution in [0.4, 0.5) is 0 Å². The van der Waals surface area contributed by atoms with Gasteiger partial charge in [0.25, 0.3) is 0 Å². The summed E-state index contributed by atoms with van der Waals surface area (Å²) in [5.74, 6) is -0.877. The normalized spacial score (nSPS) is 22.4. The van der Waals surface area contributed by atoms with Crippen LogP contribution < -0.4 is 5.32 Å². The first-order valence-corrected chi connectivity index (χ1v) is 8.47. The maximum atomic E-state index is 11.9. The Balaban J connectivity index is 1.69. The summed E-state index contributed by atoms with van der Waals surface area (Å²) in [7, 11) is 0. The highest BCUT2D eigenvalue weighted by atomic mass is 79.9. The van der Waals surface area contributed by atoms with E-state index >= 15 is 0 Å². The monoisotopic (exact) mass is 359 g/mol. The number of carboxylic acids is 1. The highest BCUT2D eigenvalue weighted by Gasteiger charge is 2.26. The predicted molar refractivity (Wildman–Crippen MR) is 81.9 cm³/mol. The van der Waals surface area contributed by atoms with E-state index in [9.17, 15) is 9.59 Å². The third-order valence-electron chi connectivity index (χ3n) is 3.66. The molecule has 0 aliphatic heterocycles. The predicted octanol–water partition coefficient (Wildman–Crippen LogP) is 3.20. The molecule has 0 radical (unpaired) electrons. The molecule has 4 nitrogen and oxygen atoms in total. The van der Waals surface area contributed by atoms with E-state index < -0.39 is 5.97 Å². The number of rotatable bonds is 5. The molecule has 0 spiro atoms. The number of carbonyl (C=O) groups is 2. The molecule has 1 amide bonds. The minimum Gasteiger partial charge on any atom is -0.481 e. The Morgan fingerprint density at radius 3 is 2.60 bits per heavy atom. The second-order valence-corrected chi connectivity index (χ2v) is 7.10. The fraction of sp³-hybridized carbons (Fsp3) is 0.571. The number of aryl methyl sites for hydroxylation is 1. The van der Waals surface area contributed by atoms with Crippen molar-refractivity contribution in [1.29, 1.82) is 0 Å². The van der Waals surface area contributed by atoms with Gasteiger partial charge in [0, 0.05) is 27.2 Å².